The van der Waals surface area contributed by atoms with Gasteiger partial charge in [-0.05, 0) is 18.6 Å². The summed E-state index contributed by atoms with van der Waals surface area (Å²) in [6, 6.07) is 13.7. The fourth-order valence-corrected chi connectivity index (χ4v) is 2.75. The van der Waals surface area contributed by atoms with E-state index in [9.17, 15) is 4.79 Å². The first-order valence-electron chi connectivity index (χ1n) is 7.62. The molecule has 4 heteroatoms. The van der Waals surface area contributed by atoms with Gasteiger partial charge in [0.1, 0.15) is 6.10 Å². The van der Waals surface area contributed by atoms with E-state index in [4.69, 9.17) is 4.74 Å². The molecule has 4 nitrogen and oxygen atoms in total. The number of aryl methyl sites for hydroxylation is 1. The molecule has 1 fully saturated rings. The number of carbonyl (C=O) groups excluding carboxylic acids is 1. The van der Waals surface area contributed by atoms with Gasteiger partial charge in [0.05, 0.1) is 13.0 Å². The number of hydrogen-bond acceptors (Lipinski definition) is 3. The van der Waals surface area contributed by atoms with Gasteiger partial charge in [-0.2, -0.15) is 0 Å². The van der Waals surface area contributed by atoms with E-state index in [1.807, 2.05) is 48.2 Å². The Bertz CT molecular complexity index is 643. The average molecular weight is 296 g/mol. The van der Waals surface area contributed by atoms with Crippen LogP contribution in [0.3, 0.4) is 0 Å². The Morgan fingerprint density at radius 1 is 1.32 bits per heavy atom. The summed E-state index contributed by atoms with van der Waals surface area (Å²) < 4.78 is 5.82. The summed E-state index contributed by atoms with van der Waals surface area (Å²) in [6.07, 6.45) is 3.07. The van der Waals surface area contributed by atoms with E-state index >= 15 is 0 Å². The first kappa shape index (κ1) is 14.6. The van der Waals surface area contributed by atoms with E-state index in [2.05, 4.69) is 11.1 Å². The molecule has 0 N–H and O–H groups in total. The third kappa shape index (κ3) is 3.64. The molecule has 2 heterocycles. The van der Waals surface area contributed by atoms with Gasteiger partial charge in [0.2, 0.25) is 11.8 Å². The second kappa shape index (κ2) is 6.60. The first-order chi connectivity index (χ1) is 10.7. The van der Waals surface area contributed by atoms with Gasteiger partial charge in [0.25, 0.3) is 0 Å². The summed E-state index contributed by atoms with van der Waals surface area (Å²) in [6.45, 7) is 3.43. The molecule has 114 valence electrons. The highest BCUT2D eigenvalue weighted by Crippen LogP contribution is 2.17. The molecule has 1 atom stereocenters. The first-order valence-corrected chi connectivity index (χ1v) is 7.62. The molecule has 2 aromatic rings. The molecule has 0 radical (unpaired) electrons. The highest BCUT2D eigenvalue weighted by atomic mass is 16.5. The van der Waals surface area contributed by atoms with Gasteiger partial charge in [-0.3, -0.25) is 4.79 Å². The van der Waals surface area contributed by atoms with Crippen LogP contribution in [-0.2, 0) is 11.2 Å². The molecule has 1 saturated heterocycles. The average Bonchev–Trinajstić information content (AvgIpc) is 2.97. The van der Waals surface area contributed by atoms with E-state index in [0.29, 0.717) is 18.8 Å². The molecular weight excluding hydrogens is 276 g/mol. The van der Waals surface area contributed by atoms with Crippen LogP contribution in [0.25, 0.3) is 0 Å². The van der Waals surface area contributed by atoms with Crippen molar-refractivity contribution in [3.63, 3.8) is 0 Å². The van der Waals surface area contributed by atoms with Gasteiger partial charge < -0.3 is 9.64 Å². The molecule has 22 heavy (non-hydrogen) atoms. The summed E-state index contributed by atoms with van der Waals surface area (Å²) in [5.41, 5.74) is 2.25. The number of aromatic nitrogens is 1. The Morgan fingerprint density at radius 3 is 3.00 bits per heavy atom. The molecule has 1 unspecified atom stereocenters. The Balaban J connectivity index is 1.55. The minimum atomic E-state index is 0.0383. The second-order valence-electron chi connectivity index (χ2n) is 5.70. The summed E-state index contributed by atoms with van der Waals surface area (Å²) in [4.78, 5) is 18.4. The van der Waals surface area contributed by atoms with Crippen LogP contribution in [-0.4, -0.2) is 35.0 Å². The monoisotopic (exact) mass is 296 g/mol. The maximum absolute atomic E-state index is 12.4. The lowest BCUT2D eigenvalue weighted by molar-refractivity contribution is -0.129. The fourth-order valence-electron chi connectivity index (χ4n) is 2.75. The molecule has 0 bridgehead atoms. The minimum absolute atomic E-state index is 0.0383. The third-order valence-corrected chi connectivity index (χ3v) is 3.86. The van der Waals surface area contributed by atoms with Crippen molar-refractivity contribution >= 4 is 5.91 Å². The van der Waals surface area contributed by atoms with Gasteiger partial charge in [-0.25, -0.2) is 4.98 Å². The van der Waals surface area contributed by atoms with Crippen molar-refractivity contribution in [2.75, 3.05) is 13.1 Å². The van der Waals surface area contributed by atoms with Crippen LogP contribution < -0.4 is 4.74 Å². The van der Waals surface area contributed by atoms with Crippen LogP contribution in [0.1, 0.15) is 17.5 Å². The molecule has 3 rings (SSSR count). The van der Waals surface area contributed by atoms with E-state index in [-0.39, 0.29) is 12.0 Å². The molecule has 1 aromatic carbocycles. The van der Waals surface area contributed by atoms with Crippen LogP contribution in [0, 0.1) is 6.92 Å². The maximum Gasteiger partial charge on any atom is 0.227 e. The van der Waals surface area contributed by atoms with Crippen molar-refractivity contribution in [1.82, 2.24) is 9.88 Å². The Morgan fingerprint density at radius 2 is 2.23 bits per heavy atom. The van der Waals surface area contributed by atoms with Crippen LogP contribution >= 0.6 is 0 Å². The van der Waals surface area contributed by atoms with Crippen LogP contribution in [0.15, 0.2) is 48.7 Å². The largest absolute Gasteiger partial charge is 0.472 e. The van der Waals surface area contributed by atoms with Gasteiger partial charge in [-0.1, -0.05) is 35.9 Å². The van der Waals surface area contributed by atoms with Gasteiger partial charge in [0.15, 0.2) is 0 Å². The van der Waals surface area contributed by atoms with Crippen molar-refractivity contribution in [2.24, 2.45) is 0 Å². The number of hydrogen-bond donors (Lipinski definition) is 0. The lowest BCUT2D eigenvalue weighted by atomic mass is 10.1. The van der Waals surface area contributed by atoms with E-state index in [0.717, 1.165) is 18.5 Å². The predicted molar refractivity (Wildman–Crippen MR) is 84.7 cm³/mol. The van der Waals surface area contributed by atoms with Gasteiger partial charge in [0, 0.05) is 25.2 Å². The molecule has 1 amide bonds. The van der Waals surface area contributed by atoms with E-state index in [1.54, 1.807) is 6.20 Å². The SMILES string of the molecule is Cc1cccc(CC(=O)N2CCC(Oc3ccccn3)C2)c1. The number of pyridine rings is 1. The van der Waals surface area contributed by atoms with E-state index < -0.39 is 0 Å². The van der Waals surface area contributed by atoms with Crippen LogP contribution in [0.2, 0.25) is 0 Å². The molecule has 0 aliphatic carbocycles. The number of likely N-dealkylation sites (tertiary alicyclic amines) is 1. The summed E-state index contributed by atoms with van der Waals surface area (Å²) in [5.74, 6) is 0.790. The topological polar surface area (TPSA) is 42.4 Å². The lowest BCUT2D eigenvalue weighted by Crippen LogP contribution is -2.32. The number of carbonyl (C=O) groups is 1. The lowest BCUT2D eigenvalue weighted by Gasteiger charge is -2.17. The normalized spacial score (nSPS) is 17.5. The van der Waals surface area contributed by atoms with Crippen LogP contribution in [0.4, 0.5) is 0 Å². The zero-order valence-electron chi connectivity index (χ0n) is 12.7. The molecule has 0 saturated carbocycles. The second-order valence-corrected chi connectivity index (χ2v) is 5.70. The predicted octanol–water partition coefficient (Wildman–Crippen LogP) is 2.61. The molecule has 0 spiro atoms. The van der Waals surface area contributed by atoms with Gasteiger partial charge >= 0.3 is 0 Å². The van der Waals surface area contributed by atoms with Crippen LogP contribution in [0.5, 0.6) is 5.88 Å². The summed E-state index contributed by atoms with van der Waals surface area (Å²) in [5, 5.41) is 0. The third-order valence-electron chi connectivity index (χ3n) is 3.86. The standard InChI is InChI=1S/C18H20N2O2/c1-14-5-4-6-15(11-14)12-18(21)20-10-8-16(13-20)22-17-7-2-3-9-19-17/h2-7,9,11,16H,8,10,12-13H2,1H3. The molecule has 1 aliphatic rings. The fraction of sp³-hybridized carbons (Fsp3) is 0.333. The highest BCUT2D eigenvalue weighted by molar-refractivity contribution is 5.79. The smallest absolute Gasteiger partial charge is 0.227 e. The molecule has 1 aromatic heterocycles. The quantitative estimate of drug-likeness (QED) is 0.871. The minimum Gasteiger partial charge on any atom is -0.472 e. The Labute approximate surface area is 130 Å². The number of nitrogens with zero attached hydrogens (tertiary/aromatic N) is 2. The maximum atomic E-state index is 12.4. The Hall–Kier alpha value is -2.36. The summed E-state index contributed by atoms with van der Waals surface area (Å²) in [7, 11) is 0. The number of amides is 1. The number of rotatable bonds is 4. The van der Waals surface area contributed by atoms with Crippen molar-refractivity contribution < 1.29 is 9.53 Å². The van der Waals surface area contributed by atoms with Crippen molar-refractivity contribution in [1.29, 1.82) is 0 Å². The van der Waals surface area contributed by atoms with Gasteiger partial charge in [-0.15, -0.1) is 0 Å². The highest BCUT2D eigenvalue weighted by Gasteiger charge is 2.27. The van der Waals surface area contributed by atoms with Crippen molar-refractivity contribution in [3.8, 4) is 5.88 Å². The molecule has 1 aliphatic heterocycles. The zero-order chi connectivity index (χ0) is 15.4. The Kier molecular flexibility index (Phi) is 4.37. The van der Waals surface area contributed by atoms with Crippen molar-refractivity contribution in [3.05, 3.63) is 59.8 Å². The number of ether oxygens (including phenoxy) is 1. The van der Waals surface area contributed by atoms with Crippen molar-refractivity contribution in [2.45, 2.75) is 25.9 Å². The molecular formula is C18H20N2O2. The number of benzene rings is 1. The van der Waals surface area contributed by atoms with E-state index in [1.165, 1.54) is 5.56 Å². The zero-order valence-corrected chi connectivity index (χ0v) is 12.7. The summed E-state index contributed by atoms with van der Waals surface area (Å²) >= 11 is 0.